The lowest BCUT2D eigenvalue weighted by Crippen LogP contribution is -1.99. The number of halogens is 2. The zero-order valence-electron chi connectivity index (χ0n) is 10.0. The number of nitriles is 1. The lowest BCUT2D eigenvalue weighted by atomic mass is 10.1. The first-order chi connectivity index (χ1) is 9.51. The van der Waals surface area contributed by atoms with E-state index in [1.165, 1.54) is 18.2 Å². The maximum absolute atomic E-state index is 10.9. The topological polar surface area (TPSA) is 73.1 Å². The molecule has 6 heteroatoms. The predicted molar refractivity (Wildman–Crippen MR) is 77.9 cm³/mol. The second-order valence-electron chi connectivity index (χ2n) is 3.93. The largest absolute Gasteiger partial charge is 0.478 e. The fourth-order valence-electron chi connectivity index (χ4n) is 1.64. The van der Waals surface area contributed by atoms with E-state index in [4.69, 9.17) is 33.6 Å². The van der Waals surface area contributed by atoms with Gasteiger partial charge < -0.3 is 10.4 Å². The highest BCUT2D eigenvalue weighted by atomic mass is 35.5. The molecule has 100 valence electrons. The predicted octanol–water partition coefficient (Wildman–Crippen LogP) is 4.31. The Bertz CT molecular complexity index is 724. The van der Waals surface area contributed by atoms with E-state index >= 15 is 0 Å². The van der Waals surface area contributed by atoms with Crippen molar-refractivity contribution in [2.45, 2.75) is 0 Å². The summed E-state index contributed by atoms with van der Waals surface area (Å²) >= 11 is 11.7. The molecule has 0 aliphatic carbocycles. The number of nitrogens with zero attached hydrogens (tertiary/aromatic N) is 1. The van der Waals surface area contributed by atoms with Crippen LogP contribution < -0.4 is 5.32 Å². The Morgan fingerprint density at radius 2 is 1.95 bits per heavy atom. The van der Waals surface area contributed by atoms with Crippen LogP contribution in [-0.4, -0.2) is 11.1 Å². The summed E-state index contributed by atoms with van der Waals surface area (Å²) < 4.78 is 0. The number of rotatable bonds is 3. The van der Waals surface area contributed by atoms with E-state index in [0.29, 0.717) is 22.0 Å². The monoisotopic (exact) mass is 306 g/mol. The Balaban J connectivity index is 2.34. The summed E-state index contributed by atoms with van der Waals surface area (Å²) in [5.41, 5.74) is 1.56. The van der Waals surface area contributed by atoms with Crippen molar-refractivity contribution in [3.8, 4) is 6.07 Å². The van der Waals surface area contributed by atoms with Crippen molar-refractivity contribution in [2.75, 3.05) is 5.32 Å². The summed E-state index contributed by atoms with van der Waals surface area (Å²) in [4.78, 5) is 10.9. The number of carbonyl (C=O) groups is 1. The molecule has 0 bridgehead atoms. The van der Waals surface area contributed by atoms with Gasteiger partial charge in [0.05, 0.1) is 21.8 Å². The van der Waals surface area contributed by atoms with Crippen molar-refractivity contribution in [2.24, 2.45) is 0 Å². The first-order valence-electron chi connectivity index (χ1n) is 5.51. The van der Waals surface area contributed by atoms with E-state index in [-0.39, 0.29) is 10.6 Å². The van der Waals surface area contributed by atoms with Crippen LogP contribution in [0.15, 0.2) is 36.4 Å². The molecule has 0 aliphatic heterocycles. The average Bonchev–Trinajstić information content (AvgIpc) is 2.40. The SMILES string of the molecule is N#Cc1cc(Cl)ccc1Nc1ccc(C(=O)O)c(Cl)c1. The van der Waals surface area contributed by atoms with Gasteiger partial charge in [0.15, 0.2) is 0 Å². The molecule has 0 aliphatic rings. The van der Waals surface area contributed by atoms with Crippen LogP contribution in [0.4, 0.5) is 11.4 Å². The quantitative estimate of drug-likeness (QED) is 0.886. The van der Waals surface area contributed by atoms with Crippen LogP contribution in [-0.2, 0) is 0 Å². The van der Waals surface area contributed by atoms with Crippen LogP contribution in [0.25, 0.3) is 0 Å². The molecule has 2 N–H and O–H groups in total. The second-order valence-corrected chi connectivity index (χ2v) is 4.77. The maximum Gasteiger partial charge on any atom is 0.337 e. The van der Waals surface area contributed by atoms with Crippen molar-refractivity contribution >= 4 is 40.5 Å². The molecule has 0 saturated heterocycles. The number of carboxylic acid groups (broad SMARTS) is 1. The zero-order chi connectivity index (χ0) is 14.7. The van der Waals surface area contributed by atoms with Crippen molar-refractivity contribution in [1.29, 1.82) is 5.26 Å². The second kappa shape index (κ2) is 5.83. The van der Waals surface area contributed by atoms with Crippen LogP contribution in [0, 0.1) is 11.3 Å². The molecule has 4 nitrogen and oxygen atoms in total. The number of nitrogens with one attached hydrogen (secondary N) is 1. The number of aromatic carboxylic acids is 1. The van der Waals surface area contributed by atoms with E-state index in [0.717, 1.165) is 0 Å². The molecule has 20 heavy (non-hydrogen) atoms. The van der Waals surface area contributed by atoms with Gasteiger partial charge in [-0.25, -0.2) is 4.79 Å². The van der Waals surface area contributed by atoms with Gasteiger partial charge in [0.2, 0.25) is 0 Å². The molecule has 0 saturated carbocycles. The highest BCUT2D eigenvalue weighted by Crippen LogP contribution is 2.27. The number of benzene rings is 2. The number of carboxylic acids is 1. The number of anilines is 2. The Morgan fingerprint density at radius 1 is 1.20 bits per heavy atom. The minimum Gasteiger partial charge on any atom is -0.478 e. The number of hydrogen-bond donors (Lipinski definition) is 2. The van der Waals surface area contributed by atoms with E-state index in [1.54, 1.807) is 18.2 Å². The van der Waals surface area contributed by atoms with E-state index in [9.17, 15) is 4.79 Å². The Kier molecular flexibility index (Phi) is 4.14. The van der Waals surface area contributed by atoms with Crippen LogP contribution >= 0.6 is 23.2 Å². The first kappa shape index (κ1) is 14.2. The summed E-state index contributed by atoms with van der Waals surface area (Å²) in [6.07, 6.45) is 0. The molecule has 0 heterocycles. The normalized spacial score (nSPS) is 9.85. The summed E-state index contributed by atoms with van der Waals surface area (Å²) in [5, 5.41) is 21.5. The molecule has 2 aromatic carbocycles. The molecule has 0 spiro atoms. The summed E-state index contributed by atoms with van der Waals surface area (Å²) in [7, 11) is 0. The summed E-state index contributed by atoms with van der Waals surface area (Å²) in [6, 6.07) is 11.3. The molecule has 2 rings (SSSR count). The minimum absolute atomic E-state index is 0.0221. The van der Waals surface area contributed by atoms with Crippen LogP contribution in [0.1, 0.15) is 15.9 Å². The van der Waals surface area contributed by atoms with Crippen molar-refractivity contribution in [3.63, 3.8) is 0 Å². The van der Waals surface area contributed by atoms with Crippen LogP contribution in [0.3, 0.4) is 0 Å². The van der Waals surface area contributed by atoms with Crippen LogP contribution in [0.2, 0.25) is 10.0 Å². The Labute approximate surface area is 125 Å². The third-order valence-corrected chi connectivity index (χ3v) is 3.13. The van der Waals surface area contributed by atoms with Crippen molar-refractivity contribution < 1.29 is 9.90 Å². The van der Waals surface area contributed by atoms with Gasteiger partial charge in [-0.05, 0) is 36.4 Å². The van der Waals surface area contributed by atoms with Gasteiger partial charge in [-0.3, -0.25) is 0 Å². The van der Waals surface area contributed by atoms with Gasteiger partial charge >= 0.3 is 5.97 Å². The molecular weight excluding hydrogens is 299 g/mol. The molecule has 0 fully saturated rings. The maximum atomic E-state index is 10.9. The third kappa shape index (κ3) is 3.02. The van der Waals surface area contributed by atoms with Gasteiger partial charge in [0, 0.05) is 10.7 Å². The molecule has 0 amide bonds. The average molecular weight is 307 g/mol. The molecular formula is C14H8Cl2N2O2. The minimum atomic E-state index is -1.09. The third-order valence-electron chi connectivity index (χ3n) is 2.58. The first-order valence-corrected chi connectivity index (χ1v) is 6.26. The standard InChI is InChI=1S/C14H8Cl2N2O2/c15-9-1-4-13(8(5-9)7-17)18-10-2-3-11(14(19)20)12(16)6-10/h1-6,18H,(H,19,20). The van der Waals surface area contributed by atoms with E-state index in [2.05, 4.69) is 5.32 Å². The molecule has 0 aromatic heterocycles. The van der Waals surface area contributed by atoms with E-state index < -0.39 is 5.97 Å². The fraction of sp³-hybridized carbons (Fsp3) is 0. The lowest BCUT2D eigenvalue weighted by molar-refractivity contribution is 0.0697. The van der Waals surface area contributed by atoms with E-state index in [1.807, 2.05) is 6.07 Å². The van der Waals surface area contributed by atoms with Crippen LogP contribution in [0.5, 0.6) is 0 Å². The van der Waals surface area contributed by atoms with Crippen molar-refractivity contribution in [1.82, 2.24) is 0 Å². The zero-order valence-corrected chi connectivity index (χ0v) is 11.5. The highest BCUT2D eigenvalue weighted by Gasteiger charge is 2.10. The van der Waals surface area contributed by atoms with Gasteiger partial charge in [-0.15, -0.1) is 0 Å². The number of hydrogen-bond acceptors (Lipinski definition) is 3. The van der Waals surface area contributed by atoms with Gasteiger partial charge in [-0.1, -0.05) is 23.2 Å². The van der Waals surface area contributed by atoms with Gasteiger partial charge in [0.1, 0.15) is 6.07 Å². The smallest absolute Gasteiger partial charge is 0.337 e. The molecule has 0 radical (unpaired) electrons. The molecule has 0 unspecified atom stereocenters. The Hall–Kier alpha value is -2.22. The summed E-state index contributed by atoms with van der Waals surface area (Å²) in [5.74, 6) is -1.09. The van der Waals surface area contributed by atoms with Crippen molar-refractivity contribution in [3.05, 3.63) is 57.6 Å². The fourth-order valence-corrected chi connectivity index (χ4v) is 2.07. The molecule has 0 atom stereocenters. The van der Waals surface area contributed by atoms with Gasteiger partial charge in [0.25, 0.3) is 0 Å². The van der Waals surface area contributed by atoms with Gasteiger partial charge in [-0.2, -0.15) is 5.26 Å². The summed E-state index contributed by atoms with van der Waals surface area (Å²) in [6.45, 7) is 0. The molecule has 2 aromatic rings. The lowest BCUT2D eigenvalue weighted by Gasteiger charge is -2.09. The Morgan fingerprint density at radius 3 is 2.55 bits per heavy atom. The highest BCUT2D eigenvalue weighted by molar-refractivity contribution is 6.33.